The molecule has 100 valence electrons. The molecular weight excluding hydrogens is 248 g/mol. The third kappa shape index (κ3) is 1.89. The van der Waals surface area contributed by atoms with Gasteiger partial charge in [0.2, 0.25) is 0 Å². The van der Waals surface area contributed by atoms with Gasteiger partial charge in [-0.2, -0.15) is 0 Å². The largest absolute Gasteiger partial charge is 0.478 e. The minimum atomic E-state index is -0.823. The van der Waals surface area contributed by atoms with Gasteiger partial charge in [-0.1, -0.05) is 18.5 Å². The smallest absolute Gasteiger partial charge is 0.332 e. The second-order valence-electron chi connectivity index (χ2n) is 6.44. The summed E-state index contributed by atoms with van der Waals surface area (Å²) in [6.45, 7) is 1.89. The van der Waals surface area contributed by atoms with Crippen molar-refractivity contribution in [3.63, 3.8) is 0 Å². The van der Waals surface area contributed by atoms with Crippen LogP contribution in [-0.4, -0.2) is 11.1 Å². The number of halogens is 1. The summed E-state index contributed by atoms with van der Waals surface area (Å²) in [7, 11) is 0. The topological polar surface area (TPSA) is 37.3 Å². The molecule has 0 saturated heterocycles. The van der Waals surface area contributed by atoms with Crippen LogP contribution in [0.1, 0.15) is 45.4 Å². The van der Waals surface area contributed by atoms with Crippen LogP contribution in [0.15, 0.2) is 10.6 Å². The summed E-state index contributed by atoms with van der Waals surface area (Å²) in [6, 6.07) is 0. The summed E-state index contributed by atoms with van der Waals surface area (Å²) in [5.74, 6) is 2.66. The molecule has 4 rings (SSSR count). The van der Waals surface area contributed by atoms with E-state index in [-0.39, 0.29) is 0 Å². The first-order chi connectivity index (χ1) is 8.60. The van der Waals surface area contributed by atoms with Crippen molar-refractivity contribution in [3.05, 3.63) is 10.6 Å². The van der Waals surface area contributed by atoms with Crippen LogP contribution in [-0.2, 0) is 4.79 Å². The van der Waals surface area contributed by atoms with Gasteiger partial charge in [-0.25, -0.2) is 4.79 Å². The minimum Gasteiger partial charge on any atom is -0.478 e. The number of hydrogen-bond donors (Lipinski definition) is 1. The zero-order chi connectivity index (χ0) is 12.9. The van der Waals surface area contributed by atoms with E-state index >= 15 is 0 Å². The number of aliphatic carboxylic acids is 1. The lowest BCUT2D eigenvalue weighted by molar-refractivity contribution is -0.132. The fourth-order valence-corrected chi connectivity index (χ4v) is 5.53. The maximum atomic E-state index is 11.3. The minimum absolute atomic E-state index is 0.352. The Balaban J connectivity index is 1.90. The number of hydrogen-bond acceptors (Lipinski definition) is 1. The quantitative estimate of drug-likeness (QED) is 0.784. The van der Waals surface area contributed by atoms with Crippen molar-refractivity contribution in [2.24, 2.45) is 29.6 Å². The van der Waals surface area contributed by atoms with Crippen LogP contribution >= 0.6 is 11.6 Å². The van der Waals surface area contributed by atoms with Crippen molar-refractivity contribution >= 4 is 17.6 Å². The predicted molar refractivity (Wildman–Crippen MR) is 71.3 cm³/mol. The first-order valence-electron chi connectivity index (χ1n) is 7.22. The molecule has 0 amide bonds. The van der Waals surface area contributed by atoms with E-state index in [2.05, 4.69) is 0 Å². The molecule has 0 aliphatic heterocycles. The molecule has 0 aromatic carbocycles. The summed E-state index contributed by atoms with van der Waals surface area (Å²) in [5, 5.41) is 9.94. The normalized spacial score (nSPS) is 42.9. The highest BCUT2D eigenvalue weighted by atomic mass is 35.5. The number of allylic oxidation sites excluding steroid dienone is 1. The van der Waals surface area contributed by atoms with E-state index in [1.807, 2.05) is 6.92 Å². The number of carboxylic acid groups (broad SMARTS) is 1. The molecule has 3 heteroatoms. The Hall–Kier alpha value is -0.500. The van der Waals surface area contributed by atoms with Gasteiger partial charge in [0, 0.05) is 11.0 Å². The lowest BCUT2D eigenvalue weighted by Gasteiger charge is -2.54. The van der Waals surface area contributed by atoms with Crippen molar-refractivity contribution < 1.29 is 9.90 Å². The Bertz CT molecular complexity index is 371. The molecule has 0 unspecified atom stereocenters. The van der Waals surface area contributed by atoms with E-state index in [1.165, 1.54) is 32.1 Å². The molecule has 0 atom stereocenters. The average molecular weight is 269 g/mol. The Kier molecular flexibility index (Phi) is 3.17. The molecule has 4 bridgehead atoms. The van der Waals surface area contributed by atoms with Gasteiger partial charge >= 0.3 is 5.97 Å². The number of carboxylic acids is 1. The van der Waals surface area contributed by atoms with E-state index in [9.17, 15) is 9.90 Å². The Morgan fingerprint density at radius 1 is 1.11 bits per heavy atom. The molecular formula is C15H21ClO2. The Labute approximate surface area is 113 Å². The standard InChI is InChI=1S/C15H21ClO2/c1-2-12(15(17)18)14(16)13-10-4-8-3-9(6-10)7-11(13)5-8/h8-11,13H,2-7H2,1H3,(H,17,18). The Morgan fingerprint density at radius 3 is 2.00 bits per heavy atom. The number of carbonyl (C=O) groups is 1. The molecule has 1 N–H and O–H groups in total. The van der Waals surface area contributed by atoms with Crippen molar-refractivity contribution in [3.8, 4) is 0 Å². The van der Waals surface area contributed by atoms with Gasteiger partial charge in [-0.05, 0) is 62.2 Å². The fourth-order valence-electron chi connectivity index (χ4n) is 4.96. The fraction of sp³-hybridized carbons (Fsp3) is 0.800. The maximum absolute atomic E-state index is 11.3. The van der Waals surface area contributed by atoms with Crippen LogP contribution in [0, 0.1) is 29.6 Å². The zero-order valence-corrected chi connectivity index (χ0v) is 11.6. The maximum Gasteiger partial charge on any atom is 0.332 e. The van der Waals surface area contributed by atoms with E-state index in [0.717, 1.165) is 11.8 Å². The summed E-state index contributed by atoms with van der Waals surface area (Å²) < 4.78 is 0. The van der Waals surface area contributed by atoms with Crippen LogP contribution < -0.4 is 0 Å². The SMILES string of the molecule is CCC(C(=O)O)=C(Cl)C1C2CC3CC(C2)CC1C3. The van der Waals surface area contributed by atoms with Gasteiger partial charge in [-0.15, -0.1) is 0 Å². The summed E-state index contributed by atoms with van der Waals surface area (Å²) in [6.07, 6.45) is 7.08. The van der Waals surface area contributed by atoms with Gasteiger partial charge in [0.25, 0.3) is 0 Å². The lowest BCUT2D eigenvalue weighted by atomic mass is 9.51. The van der Waals surface area contributed by atoms with Crippen LogP contribution in [0.25, 0.3) is 0 Å². The molecule has 18 heavy (non-hydrogen) atoms. The van der Waals surface area contributed by atoms with Crippen LogP contribution in [0.5, 0.6) is 0 Å². The highest BCUT2D eigenvalue weighted by molar-refractivity contribution is 6.32. The molecule has 2 nitrogen and oxygen atoms in total. The van der Waals surface area contributed by atoms with Crippen LogP contribution in [0.3, 0.4) is 0 Å². The molecule has 0 aromatic heterocycles. The zero-order valence-electron chi connectivity index (χ0n) is 10.9. The monoisotopic (exact) mass is 268 g/mol. The Morgan fingerprint density at radius 2 is 1.61 bits per heavy atom. The molecule has 0 radical (unpaired) electrons. The first-order valence-corrected chi connectivity index (χ1v) is 7.59. The molecule has 4 fully saturated rings. The number of rotatable bonds is 3. The van der Waals surface area contributed by atoms with Crippen molar-refractivity contribution in [2.75, 3.05) is 0 Å². The molecule has 4 aliphatic carbocycles. The van der Waals surface area contributed by atoms with Gasteiger partial charge in [0.1, 0.15) is 0 Å². The van der Waals surface area contributed by atoms with Crippen molar-refractivity contribution in [2.45, 2.75) is 45.4 Å². The highest BCUT2D eigenvalue weighted by Crippen LogP contribution is 2.59. The summed E-state index contributed by atoms with van der Waals surface area (Å²) in [5.41, 5.74) is 0.453. The molecule has 4 saturated carbocycles. The van der Waals surface area contributed by atoms with Crippen molar-refractivity contribution in [1.82, 2.24) is 0 Å². The average Bonchev–Trinajstić information content (AvgIpc) is 2.27. The molecule has 0 aromatic rings. The second-order valence-corrected chi connectivity index (χ2v) is 6.85. The van der Waals surface area contributed by atoms with Crippen LogP contribution in [0.4, 0.5) is 0 Å². The van der Waals surface area contributed by atoms with Gasteiger partial charge in [-0.3, -0.25) is 0 Å². The lowest BCUT2D eigenvalue weighted by Crippen LogP contribution is -2.45. The van der Waals surface area contributed by atoms with Gasteiger partial charge < -0.3 is 5.11 Å². The van der Waals surface area contributed by atoms with E-state index in [0.29, 0.717) is 34.8 Å². The van der Waals surface area contributed by atoms with E-state index in [4.69, 9.17) is 11.6 Å². The molecule has 0 heterocycles. The van der Waals surface area contributed by atoms with E-state index < -0.39 is 5.97 Å². The third-order valence-corrected chi connectivity index (χ3v) is 5.90. The van der Waals surface area contributed by atoms with Gasteiger partial charge in [0.05, 0.1) is 5.57 Å². The second kappa shape index (κ2) is 4.56. The summed E-state index contributed by atoms with van der Waals surface area (Å²) in [4.78, 5) is 11.3. The van der Waals surface area contributed by atoms with E-state index in [1.54, 1.807) is 0 Å². The van der Waals surface area contributed by atoms with Crippen molar-refractivity contribution in [1.29, 1.82) is 0 Å². The van der Waals surface area contributed by atoms with Crippen LogP contribution in [0.2, 0.25) is 0 Å². The highest BCUT2D eigenvalue weighted by Gasteiger charge is 2.49. The summed E-state index contributed by atoms with van der Waals surface area (Å²) >= 11 is 6.48. The van der Waals surface area contributed by atoms with Gasteiger partial charge in [0.15, 0.2) is 0 Å². The third-order valence-electron chi connectivity index (χ3n) is 5.42. The first kappa shape index (κ1) is 12.5. The molecule has 0 spiro atoms. The molecule has 4 aliphatic rings. The predicted octanol–water partition coefficient (Wildman–Crippen LogP) is 4.05.